The fourth-order valence-corrected chi connectivity index (χ4v) is 3.40. The number of carbonyl (C=O) groups is 1. The molecular formula is C14H28O4Si. The van der Waals surface area contributed by atoms with Crippen LogP contribution in [0.3, 0.4) is 0 Å². The molecule has 1 aliphatic heterocycles. The molecule has 1 fully saturated rings. The smallest absolute Gasteiger partial charge is 0.192 e. The molecule has 112 valence electrons. The minimum absolute atomic E-state index is 0.0851. The van der Waals surface area contributed by atoms with Crippen molar-refractivity contribution in [2.45, 2.75) is 64.1 Å². The first-order chi connectivity index (χ1) is 8.64. The molecule has 4 unspecified atom stereocenters. The van der Waals surface area contributed by atoms with Crippen molar-refractivity contribution in [1.29, 1.82) is 0 Å². The first-order valence-electron chi connectivity index (χ1n) is 6.91. The van der Waals surface area contributed by atoms with Gasteiger partial charge < -0.3 is 18.7 Å². The van der Waals surface area contributed by atoms with Crippen molar-refractivity contribution in [3.05, 3.63) is 0 Å². The second-order valence-electron chi connectivity index (χ2n) is 6.95. The number of aldehydes is 1. The highest BCUT2D eigenvalue weighted by Gasteiger charge is 2.46. The lowest BCUT2D eigenvalue weighted by Crippen LogP contribution is -2.57. The predicted octanol–water partition coefficient (Wildman–Crippen LogP) is 2.63. The van der Waals surface area contributed by atoms with Crippen LogP contribution in [-0.4, -0.2) is 46.6 Å². The lowest BCUT2D eigenvalue weighted by molar-refractivity contribution is -0.167. The summed E-state index contributed by atoms with van der Waals surface area (Å²) < 4.78 is 17.5. The molecule has 0 saturated carbocycles. The Morgan fingerprint density at radius 3 is 2.26 bits per heavy atom. The normalized spacial score (nSPS) is 33.2. The molecule has 1 rings (SSSR count). The quantitative estimate of drug-likeness (QED) is 0.589. The van der Waals surface area contributed by atoms with Gasteiger partial charge in [-0.05, 0) is 18.1 Å². The number of hydrogen-bond acceptors (Lipinski definition) is 4. The molecule has 4 atom stereocenters. The topological polar surface area (TPSA) is 44.8 Å². The summed E-state index contributed by atoms with van der Waals surface area (Å²) in [5.74, 6) is 0.232. The van der Waals surface area contributed by atoms with Crippen molar-refractivity contribution >= 4 is 14.6 Å². The molecule has 1 heterocycles. The molecule has 0 aromatic rings. The maximum absolute atomic E-state index is 11.2. The van der Waals surface area contributed by atoms with Crippen molar-refractivity contribution in [2.24, 2.45) is 5.92 Å². The summed E-state index contributed by atoms with van der Waals surface area (Å²) in [7, 11) is -0.280. The zero-order chi connectivity index (χ0) is 14.8. The van der Waals surface area contributed by atoms with Crippen LogP contribution in [0.15, 0.2) is 0 Å². The summed E-state index contributed by atoms with van der Waals surface area (Å²) >= 11 is 0. The largest absolute Gasteiger partial charge is 0.408 e. The predicted molar refractivity (Wildman–Crippen MR) is 77.8 cm³/mol. The number of rotatable bonds is 4. The van der Waals surface area contributed by atoms with Crippen LogP contribution in [0.2, 0.25) is 18.1 Å². The fraction of sp³-hybridized carbons (Fsp3) is 0.929. The molecular weight excluding hydrogens is 260 g/mol. The Kier molecular flexibility index (Phi) is 5.34. The van der Waals surface area contributed by atoms with Gasteiger partial charge in [-0.1, -0.05) is 27.7 Å². The van der Waals surface area contributed by atoms with Crippen molar-refractivity contribution in [3.8, 4) is 0 Å². The third kappa shape index (κ3) is 3.65. The lowest BCUT2D eigenvalue weighted by atomic mass is 9.94. The highest BCUT2D eigenvalue weighted by molar-refractivity contribution is 6.74. The molecule has 0 radical (unpaired) electrons. The second kappa shape index (κ2) is 6.04. The summed E-state index contributed by atoms with van der Waals surface area (Å²) in [4.78, 5) is 11.2. The van der Waals surface area contributed by atoms with Crippen LogP contribution in [-0.2, 0) is 18.7 Å². The monoisotopic (exact) mass is 288 g/mol. The molecule has 1 aliphatic rings. The van der Waals surface area contributed by atoms with E-state index in [1.807, 2.05) is 0 Å². The first-order valence-corrected chi connectivity index (χ1v) is 9.82. The average molecular weight is 288 g/mol. The van der Waals surface area contributed by atoms with Gasteiger partial charge in [-0.15, -0.1) is 0 Å². The Balaban J connectivity index is 2.94. The van der Waals surface area contributed by atoms with E-state index < -0.39 is 14.4 Å². The summed E-state index contributed by atoms with van der Waals surface area (Å²) in [6, 6.07) is 0. The van der Waals surface area contributed by atoms with Crippen molar-refractivity contribution in [3.63, 3.8) is 0 Å². The minimum atomic E-state index is -1.96. The number of carbonyl (C=O) groups excluding carboxylic acids is 1. The molecule has 5 heteroatoms. The summed E-state index contributed by atoms with van der Waals surface area (Å²) in [5, 5.41) is 0.0966. The summed E-state index contributed by atoms with van der Waals surface area (Å²) in [6.07, 6.45) is -0.0594. The van der Waals surface area contributed by atoms with Crippen molar-refractivity contribution in [2.75, 3.05) is 13.7 Å². The second-order valence-corrected chi connectivity index (χ2v) is 11.7. The summed E-state index contributed by atoms with van der Waals surface area (Å²) in [5.41, 5.74) is 0. The molecule has 0 bridgehead atoms. The third-order valence-corrected chi connectivity index (χ3v) is 8.88. The molecule has 0 aliphatic carbocycles. The average Bonchev–Trinajstić information content (AvgIpc) is 2.28. The fourth-order valence-electron chi connectivity index (χ4n) is 2.10. The number of methoxy groups -OCH3 is 1. The molecule has 0 N–H and O–H groups in total. The van der Waals surface area contributed by atoms with Gasteiger partial charge in [-0.3, -0.25) is 0 Å². The maximum atomic E-state index is 11.2. The van der Waals surface area contributed by atoms with E-state index in [0.717, 1.165) is 6.29 Å². The van der Waals surface area contributed by atoms with Gasteiger partial charge in [0.15, 0.2) is 14.6 Å². The van der Waals surface area contributed by atoms with Crippen molar-refractivity contribution < 1.29 is 18.7 Å². The minimum Gasteiger partial charge on any atom is -0.408 e. The van der Waals surface area contributed by atoms with Gasteiger partial charge in [0.1, 0.15) is 12.2 Å². The number of ether oxygens (including phenoxy) is 2. The zero-order valence-electron chi connectivity index (χ0n) is 13.2. The Labute approximate surface area is 117 Å². The van der Waals surface area contributed by atoms with Crippen molar-refractivity contribution in [1.82, 2.24) is 0 Å². The van der Waals surface area contributed by atoms with E-state index in [4.69, 9.17) is 13.9 Å². The van der Waals surface area contributed by atoms with Crippen LogP contribution in [0.25, 0.3) is 0 Å². The van der Waals surface area contributed by atoms with Crippen LogP contribution < -0.4 is 0 Å². The molecule has 4 nitrogen and oxygen atoms in total. The van der Waals surface area contributed by atoms with Gasteiger partial charge in [-0.2, -0.15) is 0 Å². The van der Waals surface area contributed by atoms with Crippen LogP contribution in [0, 0.1) is 5.92 Å². The molecule has 0 aromatic heterocycles. The van der Waals surface area contributed by atoms with Gasteiger partial charge >= 0.3 is 0 Å². The molecule has 0 spiro atoms. The highest BCUT2D eigenvalue weighted by atomic mass is 28.4. The molecule has 0 aromatic carbocycles. The van der Waals surface area contributed by atoms with Gasteiger partial charge in [0.05, 0.1) is 12.7 Å². The van der Waals surface area contributed by atoms with Gasteiger partial charge in [0, 0.05) is 13.0 Å². The SMILES string of the molecule is COC1C(C)COC(C=O)C1O[Si](C)(C)C(C)(C)C. The van der Waals surface area contributed by atoms with Gasteiger partial charge in [-0.25, -0.2) is 0 Å². The third-order valence-electron chi connectivity index (χ3n) is 4.40. The molecule has 0 amide bonds. The Hall–Kier alpha value is -0.233. The van der Waals surface area contributed by atoms with E-state index in [1.165, 1.54) is 0 Å². The van der Waals surface area contributed by atoms with Crippen LogP contribution >= 0.6 is 0 Å². The van der Waals surface area contributed by atoms with Crippen LogP contribution in [0.5, 0.6) is 0 Å². The molecule has 1 saturated heterocycles. The highest BCUT2D eigenvalue weighted by Crippen LogP contribution is 2.39. The van der Waals surface area contributed by atoms with Crippen LogP contribution in [0.4, 0.5) is 0 Å². The Morgan fingerprint density at radius 1 is 1.26 bits per heavy atom. The van der Waals surface area contributed by atoms with E-state index in [2.05, 4.69) is 40.8 Å². The summed E-state index contributed by atoms with van der Waals surface area (Å²) in [6.45, 7) is 13.5. The van der Waals surface area contributed by atoms with E-state index in [0.29, 0.717) is 6.61 Å². The Bertz CT molecular complexity index is 311. The Morgan fingerprint density at radius 2 is 1.84 bits per heavy atom. The van der Waals surface area contributed by atoms with Crippen LogP contribution in [0.1, 0.15) is 27.7 Å². The number of hydrogen-bond donors (Lipinski definition) is 0. The van der Waals surface area contributed by atoms with Gasteiger partial charge in [0.2, 0.25) is 0 Å². The van der Waals surface area contributed by atoms with E-state index in [-0.39, 0.29) is 23.2 Å². The standard InChI is InChI=1S/C14H28O4Si/c1-10-9-17-11(8-15)13(12(10)16-5)18-19(6,7)14(2,3)4/h8,10-13H,9H2,1-7H3. The lowest BCUT2D eigenvalue weighted by Gasteiger charge is -2.45. The van der Waals surface area contributed by atoms with E-state index >= 15 is 0 Å². The zero-order valence-corrected chi connectivity index (χ0v) is 14.2. The van der Waals surface area contributed by atoms with E-state index in [9.17, 15) is 4.79 Å². The maximum Gasteiger partial charge on any atom is 0.192 e. The van der Waals surface area contributed by atoms with E-state index in [1.54, 1.807) is 7.11 Å². The van der Waals surface area contributed by atoms with Gasteiger partial charge in [0.25, 0.3) is 0 Å². The first kappa shape index (κ1) is 16.8. The molecule has 19 heavy (non-hydrogen) atoms.